The lowest BCUT2D eigenvalue weighted by Gasteiger charge is -2.23. The molecule has 1 aromatic rings. The number of carbonyl (C=O) groups excluding carboxylic acids is 1. The van der Waals surface area contributed by atoms with Gasteiger partial charge in [0.1, 0.15) is 0 Å². The average molecular weight is 265 g/mol. The fourth-order valence-electron chi connectivity index (χ4n) is 2.98. The van der Waals surface area contributed by atoms with Gasteiger partial charge in [-0.3, -0.25) is 4.79 Å². The van der Waals surface area contributed by atoms with E-state index in [2.05, 4.69) is 5.32 Å². The van der Waals surface area contributed by atoms with Crippen LogP contribution in [0.15, 0.2) is 24.3 Å². The molecular weight excluding hydrogens is 248 g/mol. The third-order valence-corrected chi connectivity index (χ3v) is 4.32. The van der Waals surface area contributed by atoms with Crippen LogP contribution in [0.3, 0.4) is 0 Å². The summed E-state index contributed by atoms with van der Waals surface area (Å²) in [4.78, 5) is 14.2. The highest BCUT2D eigenvalue weighted by Crippen LogP contribution is 2.28. The quantitative estimate of drug-likeness (QED) is 0.887. The number of likely N-dealkylation sites (tertiary alicyclic amines) is 1. The average Bonchev–Trinajstić information content (AvgIpc) is 2.70. The van der Waals surface area contributed by atoms with Gasteiger partial charge in [-0.05, 0) is 31.0 Å². The number of amides is 1. The molecule has 2 aliphatic rings. The molecule has 1 aromatic carbocycles. The second-order valence-electron chi connectivity index (χ2n) is 5.12. The first-order valence-corrected chi connectivity index (χ1v) is 6.89. The number of benzene rings is 1. The molecule has 0 radical (unpaired) electrons. The Morgan fingerprint density at radius 2 is 2.22 bits per heavy atom. The van der Waals surface area contributed by atoms with Gasteiger partial charge in [0.25, 0.3) is 0 Å². The van der Waals surface area contributed by atoms with E-state index >= 15 is 0 Å². The molecule has 2 aliphatic heterocycles. The van der Waals surface area contributed by atoms with E-state index in [4.69, 9.17) is 11.6 Å². The summed E-state index contributed by atoms with van der Waals surface area (Å²) in [6, 6.07) is 8.09. The minimum absolute atomic E-state index is 0.182. The van der Waals surface area contributed by atoms with E-state index in [0.29, 0.717) is 12.6 Å². The molecular formula is C14H17ClN2O. The van der Waals surface area contributed by atoms with Crippen molar-refractivity contribution in [3.8, 4) is 0 Å². The molecule has 4 heteroatoms. The van der Waals surface area contributed by atoms with Crippen LogP contribution in [-0.4, -0.2) is 29.9 Å². The third kappa shape index (κ3) is 2.13. The van der Waals surface area contributed by atoms with Crippen molar-refractivity contribution in [3.63, 3.8) is 0 Å². The number of carbonyl (C=O) groups is 1. The smallest absolute Gasteiger partial charge is 0.227 e. The van der Waals surface area contributed by atoms with Crippen LogP contribution in [0.2, 0.25) is 5.02 Å². The van der Waals surface area contributed by atoms with Gasteiger partial charge in [0.2, 0.25) is 5.91 Å². The second-order valence-corrected chi connectivity index (χ2v) is 5.53. The van der Waals surface area contributed by atoms with Gasteiger partial charge in [0, 0.05) is 24.2 Å². The zero-order valence-corrected chi connectivity index (χ0v) is 11.0. The number of hydrogen-bond donors (Lipinski definition) is 1. The topological polar surface area (TPSA) is 32.3 Å². The Morgan fingerprint density at radius 1 is 1.39 bits per heavy atom. The Labute approximate surface area is 112 Å². The maximum absolute atomic E-state index is 12.3. The third-order valence-electron chi connectivity index (χ3n) is 3.95. The molecule has 0 spiro atoms. The molecule has 1 N–H and O–H groups in total. The first kappa shape index (κ1) is 12.0. The summed E-state index contributed by atoms with van der Waals surface area (Å²) in [6.45, 7) is 2.48. The molecule has 96 valence electrons. The van der Waals surface area contributed by atoms with Gasteiger partial charge in [-0.1, -0.05) is 29.8 Å². The lowest BCUT2D eigenvalue weighted by Crippen LogP contribution is -2.41. The highest BCUT2D eigenvalue weighted by atomic mass is 35.5. The van der Waals surface area contributed by atoms with Gasteiger partial charge in [0.15, 0.2) is 0 Å². The van der Waals surface area contributed by atoms with Gasteiger partial charge < -0.3 is 10.2 Å². The molecule has 1 amide bonds. The molecule has 0 saturated carbocycles. The number of nitrogens with zero attached hydrogens (tertiary/aromatic N) is 1. The van der Waals surface area contributed by atoms with Crippen molar-refractivity contribution in [1.82, 2.24) is 10.2 Å². The lowest BCUT2D eigenvalue weighted by molar-refractivity contribution is -0.131. The minimum atomic E-state index is 0.182. The van der Waals surface area contributed by atoms with Crippen LogP contribution in [0.4, 0.5) is 0 Å². The molecule has 2 atom stereocenters. The molecule has 2 fully saturated rings. The van der Waals surface area contributed by atoms with Crippen molar-refractivity contribution in [2.24, 2.45) is 5.92 Å². The normalized spacial score (nSPS) is 27.4. The first-order valence-electron chi connectivity index (χ1n) is 6.51. The standard InChI is InChI=1S/C14H17ClN2O/c15-12-6-2-1-4-10(12)8-17-9-13-11(14(17)18)5-3-7-16-13/h1-2,4,6,11,13,16H,3,5,7-9H2. The van der Waals surface area contributed by atoms with Gasteiger partial charge in [0.05, 0.1) is 5.92 Å². The number of piperidine rings is 1. The predicted octanol–water partition coefficient (Wildman–Crippen LogP) is 2.05. The van der Waals surface area contributed by atoms with Gasteiger partial charge in [-0.2, -0.15) is 0 Å². The largest absolute Gasteiger partial charge is 0.336 e. The minimum Gasteiger partial charge on any atom is -0.336 e. The van der Waals surface area contributed by atoms with Crippen molar-refractivity contribution in [1.29, 1.82) is 0 Å². The van der Waals surface area contributed by atoms with Crippen molar-refractivity contribution >= 4 is 17.5 Å². The number of rotatable bonds is 2. The van der Waals surface area contributed by atoms with E-state index in [1.165, 1.54) is 0 Å². The van der Waals surface area contributed by atoms with Crippen LogP contribution >= 0.6 is 11.6 Å². The van der Waals surface area contributed by atoms with Crippen LogP contribution in [0.5, 0.6) is 0 Å². The molecule has 0 aromatic heterocycles. The summed E-state index contributed by atoms with van der Waals surface area (Å²) in [6.07, 6.45) is 2.13. The van der Waals surface area contributed by atoms with Gasteiger partial charge in [-0.25, -0.2) is 0 Å². The van der Waals surface area contributed by atoms with E-state index in [1.54, 1.807) is 0 Å². The fourth-order valence-corrected chi connectivity index (χ4v) is 3.17. The predicted molar refractivity (Wildman–Crippen MR) is 71.4 cm³/mol. The Morgan fingerprint density at radius 3 is 3.00 bits per heavy atom. The fraction of sp³-hybridized carbons (Fsp3) is 0.500. The Hall–Kier alpha value is -1.06. The van der Waals surface area contributed by atoms with E-state index < -0.39 is 0 Å². The van der Waals surface area contributed by atoms with Crippen molar-refractivity contribution in [2.45, 2.75) is 25.4 Å². The number of hydrogen-bond acceptors (Lipinski definition) is 2. The van der Waals surface area contributed by atoms with Gasteiger partial charge >= 0.3 is 0 Å². The second kappa shape index (κ2) is 4.90. The lowest BCUT2D eigenvalue weighted by atomic mass is 9.94. The Balaban J connectivity index is 1.74. The van der Waals surface area contributed by atoms with E-state index in [0.717, 1.165) is 36.5 Å². The molecule has 2 unspecified atom stereocenters. The monoisotopic (exact) mass is 264 g/mol. The molecule has 2 saturated heterocycles. The summed E-state index contributed by atoms with van der Waals surface area (Å²) in [5.41, 5.74) is 1.03. The summed E-state index contributed by atoms with van der Waals surface area (Å²) in [5.74, 6) is 0.466. The van der Waals surface area contributed by atoms with Crippen LogP contribution in [0, 0.1) is 5.92 Å². The van der Waals surface area contributed by atoms with E-state index in [9.17, 15) is 4.79 Å². The van der Waals surface area contributed by atoms with Crippen LogP contribution < -0.4 is 5.32 Å². The first-order chi connectivity index (χ1) is 8.75. The maximum atomic E-state index is 12.3. The van der Waals surface area contributed by atoms with Gasteiger partial charge in [-0.15, -0.1) is 0 Å². The number of fused-ring (bicyclic) bond motifs is 1. The van der Waals surface area contributed by atoms with Crippen LogP contribution in [0.25, 0.3) is 0 Å². The van der Waals surface area contributed by atoms with Crippen molar-refractivity contribution < 1.29 is 4.79 Å². The molecule has 18 heavy (non-hydrogen) atoms. The zero-order valence-electron chi connectivity index (χ0n) is 10.2. The molecule has 2 heterocycles. The molecule has 0 bridgehead atoms. The molecule has 0 aliphatic carbocycles. The number of halogens is 1. The van der Waals surface area contributed by atoms with Crippen LogP contribution in [-0.2, 0) is 11.3 Å². The van der Waals surface area contributed by atoms with Crippen molar-refractivity contribution in [3.05, 3.63) is 34.9 Å². The van der Waals surface area contributed by atoms with E-state index in [1.807, 2.05) is 29.2 Å². The summed E-state index contributed by atoms with van der Waals surface area (Å²) in [7, 11) is 0. The summed E-state index contributed by atoms with van der Waals surface area (Å²) >= 11 is 6.15. The summed E-state index contributed by atoms with van der Waals surface area (Å²) in [5, 5.41) is 4.19. The maximum Gasteiger partial charge on any atom is 0.227 e. The zero-order chi connectivity index (χ0) is 12.5. The number of nitrogens with one attached hydrogen (secondary N) is 1. The van der Waals surface area contributed by atoms with E-state index in [-0.39, 0.29) is 11.8 Å². The highest BCUT2D eigenvalue weighted by molar-refractivity contribution is 6.31. The van der Waals surface area contributed by atoms with Crippen LogP contribution in [0.1, 0.15) is 18.4 Å². The Bertz CT molecular complexity index is 463. The summed E-state index contributed by atoms with van der Waals surface area (Å²) < 4.78 is 0. The highest BCUT2D eigenvalue weighted by Gasteiger charge is 2.41. The molecule has 3 nitrogen and oxygen atoms in total. The Kier molecular flexibility index (Phi) is 3.27. The SMILES string of the molecule is O=C1C2CCCNC2CN1Cc1ccccc1Cl. The molecule has 3 rings (SSSR count). The van der Waals surface area contributed by atoms with Crippen molar-refractivity contribution in [2.75, 3.05) is 13.1 Å².